The number of urea groups is 1. The molecule has 0 aromatic heterocycles. The van der Waals surface area contributed by atoms with Crippen molar-refractivity contribution in [1.82, 2.24) is 15.4 Å². The smallest absolute Gasteiger partial charge is 0.315 e. The van der Waals surface area contributed by atoms with Gasteiger partial charge in [0.25, 0.3) is 0 Å². The molecule has 0 saturated heterocycles. The molecule has 0 radical (unpaired) electrons. The lowest BCUT2D eigenvalue weighted by molar-refractivity contribution is 0.240. The van der Waals surface area contributed by atoms with Gasteiger partial charge in [0.2, 0.25) is 10.0 Å². The fourth-order valence-electron chi connectivity index (χ4n) is 2.76. The third-order valence-corrected chi connectivity index (χ3v) is 5.60. The van der Waals surface area contributed by atoms with Crippen LogP contribution in [-0.4, -0.2) is 28.0 Å². The Kier molecular flexibility index (Phi) is 7.46. The van der Waals surface area contributed by atoms with E-state index in [1.807, 2.05) is 12.1 Å². The maximum absolute atomic E-state index is 11.8. The first-order chi connectivity index (χ1) is 12.0. The Balaban J connectivity index is 1.69. The quantitative estimate of drug-likeness (QED) is 0.618. The molecule has 2 rings (SSSR count). The van der Waals surface area contributed by atoms with Gasteiger partial charge in [-0.15, -0.1) is 0 Å². The first kappa shape index (κ1) is 19.5. The number of carbonyl (C=O) groups is 1. The molecule has 138 valence electrons. The minimum absolute atomic E-state index is 0.0481. The number of amides is 2. The lowest BCUT2D eigenvalue weighted by atomic mass is 9.97. The Hall–Kier alpha value is -1.86. The molecular formula is C18H27N3O3S. The average Bonchev–Trinajstić information content (AvgIpc) is 2.62. The molecule has 0 unspecified atom stereocenters. The van der Waals surface area contributed by atoms with Gasteiger partial charge in [-0.2, -0.15) is 0 Å². The normalized spacial score (nSPS) is 14.7. The Labute approximate surface area is 150 Å². The van der Waals surface area contributed by atoms with Gasteiger partial charge in [0.15, 0.2) is 0 Å². The molecule has 1 aromatic carbocycles. The summed E-state index contributed by atoms with van der Waals surface area (Å²) in [6.07, 6.45) is 8.05. The SMILES string of the molecule is CNS(=O)(=O)Cc1ccc(CNC(=O)NCCC2=CCCCC2)cc1. The van der Waals surface area contributed by atoms with Crippen LogP contribution in [0.4, 0.5) is 4.79 Å². The minimum atomic E-state index is -3.27. The molecule has 2 amide bonds. The fraction of sp³-hybridized carbons (Fsp3) is 0.500. The van der Waals surface area contributed by atoms with Gasteiger partial charge in [0, 0.05) is 13.1 Å². The van der Waals surface area contributed by atoms with Crippen LogP contribution in [0.2, 0.25) is 0 Å². The number of hydrogen-bond acceptors (Lipinski definition) is 3. The van der Waals surface area contributed by atoms with Crippen molar-refractivity contribution in [3.63, 3.8) is 0 Å². The Morgan fingerprint density at radius 1 is 1.08 bits per heavy atom. The molecule has 6 nitrogen and oxygen atoms in total. The molecule has 0 heterocycles. The van der Waals surface area contributed by atoms with Gasteiger partial charge in [0.1, 0.15) is 0 Å². The van der Waals surface area contributed by atoms with Crippen molar-refractivity contribution in [2.45, 2.75) is 44.4 Å². The van der Waals surface area contributed by atoms with E-state index < -0.39 is 10.0 Å². The highest BCUT2D eigenvalue weighted by Crippen LogP contribution is 2.19. The number of benzene rings is 1. The second-order valence-electron chi connectivity index (χ2n) is 6.25. The minimum Gasteiger partial charge on any atom is -0.338 e. The van der Waals surface area contributed by atoms with E-state index in [0.29, 0.717) is 18.7 Å². The van der Waals surface area contributed by atoms with Gasteiger partial charge >= 0.3 is 6.03 Å². The van der Waals surface area contributed by atoms with Crippen molar-refractivity contribution >= 4 is 16.1 Å². The van der Waals surface area contributed by atoms with Crippen LogP contribution < -0.4 is 15.4 Å². The first-order valence-electron chi connectivity index (χ1n) is 8.67. The van der Waals surface area contributed by atoms with E-state index in [2.05, 4.69) is 21.4 Å². The number of sulfonamides is 1. The Bertz CT molecular complexity index is 697. The zero-order valence-electron chi connectivity index (χ0n) is 14.7. The van der Waals surface area contributed by atoms with Gasteiger partial charge in [-0.05, 0) is 50.3 Å². The summed E-state index contributed by atoms with van der Waals surface area (Å²) < 4.78 is 25.3. The van der Waals surface area contributed by atoms with E-state index in [9.17, 15) is 13.2 Å². The molecule has 0 atom stereocenters. The number of nitrogens with one attached hydrogen (secondary N) is 3. The van der Waals surface area contributed by atoms with Gasteiger partial charge in [-0.25, -0.2) is 17.9 Å². The Morgan fingerprint density at radius 3 is 2.44 bits per heavy atom. The first-order valence-corrected chi connectivity index (χ1v) is 10.3. The summed E-state index contributed by atoms with van der Waals surface area (Å²) in [5.41, 5.74) is 3.08. The summed E-state index contributed by atoms with van der Waals surface area (Å²) in [6.45, 7) is 1.06. The van der Waals surface area contributed by atoms with Crippen LogP contribution in [0.1, 0.15) is 43.2 Å². The highest BCUT2D eigenvalue weighted by molar-refractivity contribution is 7.88. The highest BCUT2D eigenvalue weighted by atomic mass is 32.2. The van der Waals surface area contributed by atoms with Crippen molar-refractivity contribution in [1.29, 1.82) is 0 Å². The van der Waals surface area contributed by atoms with E-state index in [-0.39, 0.29) is 11.8 Å². The molecule has 3 N–H and O–H groups in total. The number of rotatable bonds is 8. The van der Waals surface area contributed by atoms with E-state index in [0.717, 1.165) is 24.8 Å². The third kappa shape index (κ3) is 7.27. The van der Waals surface area contributed by atoms with Gasteiger partial charge in [0.05, 0.1) is 5.75 Å². The van der Waals surface area contributed by atoms with Gasteiger partial charge in [-0.1, -0.05) is 35.9 Å². The van der Waals surface area contributed by atoms with Crippen molar-refractivity contribution in [3.05, 3.63) is 47.0 Å². The molecule has 0 fully saturated rings. The molecule has 0 aliphatic heterocycles. The molecule has 0 saturated carbocycles. The molecule has 1 aliphatic carbocycles. The van der Waals surface area contributed by atoms with E-state index in [4.69, 9.17) is 0 Å². The van der Waals surface area contributed by atoms with Crippen LogP contribution in [0.3, 0.4) is 0 Å². The monoisotopic (exact) mass is 365 g/mol. The molecule has 1 aliphatic rings. The van der Waals surface area contributed by atoms with Crippen LogP contribution in [-0.2, 0) is 22.3 Å². The summed E-state index contributed by atoms with van der Waals surface area (Å²) in [5, 5.41) is 5.69. The molecule has 25 heavy (non-hydrogen) atoms. The van der Waals surface area contributed by atoms with Crippen molar-refractivity contribution in [3.8, 4) is 0 Å². The van der Waals surface area contributed by atoms with E-state index >= 15 is 0 Å². The van der Waals surface area contributed by atoms with Crippen molar-refractivity contribution < 1.29 is 13.2 Å². The third-order valence-electron chi connectivity index (χ3n) is 4.26. The van der Waals surface area contributed by atoms with Crippen molar-refractivity contribution in [2.24, 2.45) is 0 Å². The van der Waals surface area contributed by atoms with Crippen LogP contribution in [0.15, 0.2) is 35.9 Å². The molecule has 0 spiro atoms. The summed E-state index contributed by atoms with van der Waals surface area (Å²) in [5.74, 6) is -0.0481. The van der Waals surface area contributed by atoms with Crippen LogP contribution in [0.25, 0.3) is 0 Å². The number of hydrogen-bond donors (Lipinski definition) is 3. The van der Waals surface area contributed by atoms with Crippen LogP contribution in [0, 0.1) is 0 Å². The zero-order valence-corrected chi connectivity index (χ0v) is 15.5. The van der Waals surface area contributed by atoms with Gasteiger partial charge in [-0.3, -0.25) is 0 Å². The predicted octanol–water partition coefficient (Wildman–Crippen LogP) is 2.43. The van der Waals surface area contributed by atoms with Crippen LogP contribution >= 0.6 is 0 Å². The number of allylic oxidation sites excluding steroid dienone is 1. The van der Waals surface area contributed by atoms with E-state index in [1.54, 1.807) is 12.1 Å². The van der Waals surface area contributed by atoms with Gasteiger partial charge < -0.3 is 10.6 Å². The number of carbonyl (C=O) groups excluding carboxylic acids is 1. The second kappa shape index (κ2) is 9.58. The second-order valence-corrected chi connectivity index (χ2v) is 8.17. The zero-order chi connectivity index (χ0) is 18.1. The summed E-state index contributed by atoms with van der Waals surface area (Å²) >= 11 is 0. The lowest BCUT2D eigenvalue weighted by Crippen LogP contribution is -2.35. The predicted molar refractivity (Wildman–Crippen MR) is 99.5 cm³/mol. The van der Waals surface area contributed by atoms with E-state index in [1.165, 1.54) is 25.5 Å². The topological polar surface area (TPSA) is 87.3 Å². The molecular weight excluding hydrogens is 338 g/mol. The maximum Gasteiger partial charge on any atom is 0.315 e. The summed E-state index contributed by atoms with van der Waals surface area (Å²) in [7, 11) is -1.87. The fourth-order valence-corrected chi connectivity index (χ4v) is 3.53. The highest BCUT2D eigenvalue weighted by Gasteiger charge is 2.08. The van der Waals surface area contributed by atoms with Crippen LogP contribution in [0.5, 0.6) is 0 Å². The largest absolute Gasteiger partial charge is 0.338 e. The van der Waals surface area contributed by atoms with Crippen molar-refractivity contribution in [2.75, 3.05) is 13.6 Å². The maximum atomic E-state index is 11.8. The summed E-state index contributed by atoms with van der Waals surface area (Å²) in [4.78, 5) is 11.8. The lowest BCUT2D eigenvalue weighted by Gasteiger charge is -2.13. The average molecular weight is 365 g/mol. The Morgan fingerprint density at radius 2 is 1.80 bits per heavy atom. The standard InChI is InChI=1S/C18H27N3O3S/c1-19-25(23,24)14-17-9-7-16(8-10-17)13-21-18(22)20-12-11-15-5-3-2-4-6-15/h5,7-10,19H,2-4,6,11-14H2,1H3,(H2,20,21,22). The summed E-state index contributed by atoms with van der Waals surface area (Å²) in [6, 6.07) is 7.00. The molecule has 0 bridgehead atoms. The molecule has 1 aromatic rings. The molecule has 7 heteroatoms.